The monoisotopic (exact) mass is 257 g/mol. The van der Waals surface area contributed by atoms with Crippen LogP contribution in [0.4, 0.5) is 0 Å². The molecule has 0 bridgehead atoms. The van der Waals surface area contributed by atoms with Gasteiger partial charge in [-0.25, -0.2) is 13.1 Å². The van der Waals surface area contributed by atoms with Gasteiger partial charge in [-0.3, -0.25) is 0 Å². The van der Waals surface area contributed by atoms with Crippen LogP contribution >= 0.6 is 11.6 Å². The van der Waals surface area contributed by atoms with E-state index in [-0.39, 0.29) is 18.2 Å². The van der Waals surface area contributed by atoms with Crippen molar-refractivity contribution < 1.29 is 13.5 Å². The Balaban J connectivity index is 3.84. The van der Waals surface area contributed by atoms with Crippen LogP contribution in [0.5, 0.6) is 0 Å². The summed E-state index contributed by atoms with van der Waals surface area (Å²) in [5.41, 5.74) is 0. The molecule has 0 rings (SSSR count). The lowest BCUT2D eigenvalue weighted by Crippen LogP contribution is -2.36. The van der Waals surface area contributed by atoms with Crippen molar-refractivity contribution in [1.29, 1.82) is 0 Å². The minimum atomic E-state index is -3.25. The van der Waals surface area contributed by atoms with Crippen molar-refractivity contribution in [3.8, 4) is 0 Å². The Kier molecular flexibility index (Phi) is 7.52. The van der Waals surface area contributed by atoms with E-state index < -0.39 is 16.1 Å². The normalized spacial score (nSPS) is 14.5. The van der Waals surface area contributed by atoms with Crippen molar-refractivity contribution in [2.75, 3.05) is 18.2 Å². The maximum atomic E-state index is 11.4. The maximum absolute atomic E-state index is 11.4. The molecule has 0 aromatic rings. The molecule has 92 valence electrons. The number of nitrogens with one attached hydrogen (secondary N) is 1. The number of hydrogen-bond acceptors (Lipinski definition) is 3. The molecule has 1 atom stereocenters. The second kappa shape index (κ2) is 7.44. The number of unbranched alkanes of at least 4 members (excludes halogenated alkanes) is 1. The first-order valence-electron chi connectivity index (χ1n) is 5.10. The van der Waals surface area contributed by atoms with Gasteiger partial charge in [0.25, 0.3) is 0 Å². The Labute approximate surface area is 97.1 Å². The fraction of sp³-hybridized carbons (Fsp3) is 1.00. The topological polar surface area (TPSA) is 66.4 Å². The quantitative estimate of drug-likeness (QED) is 0.502. The van der Waals surface area contributed by atoms with Gasteiger partial charge in [0.2, 0.25) is 10.0 Å². The molecule has 0 aliphatic carbocycles. The first kappa shape index (κ1) is 15.2. The molecular weight excluding hydrogens is 238 g/mol. The fourth-order valence-corrected chi connectivity index (χ4v) is 2.25. The van der Waals surface area contributed by atoms with Gasteiger partial charge in [-0.15, -0.1) is 11.6 Å². The highest BCUT2D eigenvalue weighted by molar-refractivity contribution is 7.89. The lowest BCUT2D eigenvalue weighted by atomic mass is 10.1. The number of halogens is 1. The lowest BCUT2D eigenvalue weighted by Gasteiger charge is -2.15. The minimum absolute atomic E-state index is 0.0514. The van der Waals surface area contributed by atoms with E-state index in [2.05, 4.69) is 4.72 Å². The Morgan fingerprint density at radius 1 is 1.33 bits per heavy atom. The lowest BCUT2D eigenvalue weighted by molar-refractivity contribution is 0.129. The molecular formula is C9H20ClNO3S. The zero-order valence-electron chi connectivity index (χ0n) is 9.24. The van der Waals surface area contributed by atoms with Crippen LogP contribution in [0.3, 0.4) is 0 Å². The van der Waals surface area contributed by atoms with E-state index in [4.69, 9.17) is 11.6 Å². The molecule has 0 aliphatic heterocycles. The van der Waals surface area contributed by atoms with Crippen LogP contribution in [-0.2, 0) is 10.0 Å². The number of rotatable bonds is 8. The minimum Gasteiger partial charge on any atom is -0.391 e. The van der Waals surface area contributed by atoms with Crippen molar-refractivity contribution in [2.24, 2.45) is 5.92 Å². The van der Waals surface area contributed by atoms with E-state index in [0.717, 1.165) is 0 Å². The smallest absolute Gasteiger partial charge is 0.211 e. The molecule has 0 fully saturated rings. The fourth-order valence-electron chi connectivity index (χ4n) is 0.907. The highest BCUT2D eigenvalue weighted by Crippen LogP contribution is 2.01. The van der Waals surface area contributed by atoms with Gasteiger partial charge >= 0.3 is 0 Å². The highest BCUT2D eigenvalue weighted by atomic mass is 35.5. The Morgan fingerprint density at radius 3 is 2.40 bits per heavy atom. The van der Waals surface area contributed by atoms with Crippen LogP contribution in [0.1, 0.15) is 26.7 Å². The van der Waals surface area contributed by atoms with Gasteiger partial charge in [-0.2, -0.15) is 0 Å². The van der Waals surface area contributed by atoms with Crippen LogP contribution in [0.25, 0.3) is 0 Å². The van der Waals surface area contributed by atoms with Crippen molar-refractivity contribution in [3.05, 3.63) is 0 Å². The maximum Gasteiger partial charge on any atom is 0.211 e. The molecule has 0 saturated heterocycles. The van der Waals surface area contributed by atoms with E-state index >= 15 is 0 Å². The molecule has 0 saturated carbocycles. The first-order valence-corrected chi connectivity index (χ1v) is 7.29. The number of aliphatic hydroxyl groups excluding tert-OH is 1. The van der Waals surface area contributed by atoms with Crippen LogP contribution in [0, 0.1) is 5.92 Å². The number of sulfonamides is 1. The molecule has 0 amide bonds. The summed E-state index contributed by atoms with van der Waals surface area (Å²) in [5.74, 6) is 0.602. The summed E-state index contributed by atoms with van der Waals surface area (Å²) in [6.07, 6.45) is 0.610. The first-order chi connectivity index (χ1) is 6.89. The van der Waals surface area contributed by atoms with Crippen molar-refractivity contribution >= 4 is 21.6 Å². The molecule has 0 aromatic heterocycles. The predicted molar refractivity (Wildman–Crippen MR) is 62.6 cm³/mol. The SMILES string of the molecule is CC(C)C(O)CNS(=O)(=O)CCCCCl. The predicted octanol–water partition coefficient (Wildman–Crippen LogP) is 0.942. The highest BCUT2D eigenvalue weighted by Gasteiger charge is 2.14. The molecule has 15 heavy (non-hydrogen) atoms. The third kappa shape index (κ3) is 8.02. The van der Waals surface area contributed by atoms with Crippen LogP contribution in [0.2, 0.25) is 0 Å². The van der Waals surface area contributed by atoms with Crippen molar-refractivity contribution in [3.63, 3.8) is 0 Å². The van der Waals surface area contributed by atoms with Gasteiger partial charge in [0.1, 0.15) is 0 Å². The van der Waals surface area contributed by atoms with Gasteiger partial charge in [0.15, 0.2) is 0 Å². The van der Waals surface area contributed by atoms with Crippen molar-refractivity contribution in [2.45, 2.75) is 32.8 Å². The van der Waals surface area contributed by atoms with E-state index in [1.54, 1.807) is 0 Å². The van der Waals surface area contributed by atoms with Gasteiger partial charge in [0.05, 0.1) is 11.9 Å². The van der Waals surface area contributed by atoms with Crippen molar-refractivity contribution in [1.82, 2.24) is 4.72 Å². The van der Waals surface area contributed by atoms with Gasteiger partial charge < -0.3 is 5.11 Å². The second-order valence-electron chi connectivity index (χ2n) is 3.87. The Morgan fingerprint density at radius 2 is 1.93 bits per heavy atom. The Hall–Kier alpha value is 0.160. The molecule has 0 spiro atoms. The summed E-state index contributed by atoms with van der Waals surface area (Å²) in [7, 11) is -3.25. The average molecular weight is 258 g/mol. The summed E-state index contributed by atoms with van der Waals surface area (Å²) in [4.78, 5) is 0. The molecule has 0 radical (unpaired) electrons. The number of alkyl halides is 1. The zero-order valence-corrected chi connectivity index (χ0v) is 10.8. The molecule has 0 aromatic carbocycles. The summed E-state index contributed by atoms with van der Waals surface area (Å²) >= 11 is 5.44. The van der Waals surface area contributed by atoms with Crippen LogP contribution in [-0.4, -0.2) is 37.8 Å². The summed E-state index contributed by atoms with van der Waals surface area (Å²) < 4.78 is 25.1. The molecule has 0 aliphatic rings. The number of aliphatic hydroxyl groups is 1. The zero-order chi connectivity index (χ0) is 11.9. The summed E-state index contributed by atoms with van der Waals surface area (Å²) in [6, 6.07) is 0. The number of hydrogen-bond donors (Lipinski definition) is 2. The molecule has 4 nitrogen and oxygen atoms in total. The van der Waals surface area contributed by atoms with Gasteiger partial charge in [0, 0.05) is 12.4 Å². The summed E-state index contributed by atoms with van der Waals surface area (Å²) in [5, 5.41) is 9.41. The summed E-state index contributed by atoms with van der Waals surface area (Å²) in [6.45, 7) is 3.76. The van der Waals surface area contributed by atoms with Gasteiger partial charge in [-0.05, 0) is 18.8 Å². The third-order valence-corrected chi connectivity index (χ3v) is 3.78. The third-order valence-electron chi connectivity index (χ3n) is 2.08. The van der Waals surface area contributed by atoms with Gasteiger partial charge in [-0.1, -0.05) is 13.8 Å². The van der Waals surface area contributed by atoms with E-state index in [1.807, 2.05) is 13.8 Å². The standard InChI is InChI=1S/C9H20ClNO3S/c1-8(2)9(12)7-11-15(13,14)6-4-3-5-10/h8-9,11-12H,3-7H2,1-2H3. The molecule has 2 N–H and O–H groups in total. The van der Waals surface area contributed by atoms with Crippen LogP contribution in [0.15, 0.2) is 0 Å². The molecule has 6 heteroatoms. The Bertz CT molecular complexity index is 254. The van der Waals surface area contributed by atoms with Crippen LogP contribution < -0.4 is 4.72 Å². The molecule has 0 heterocycles. The van der Waals surface area contributed by atoms with E-state index in [9.17, 15) is 13.5 Å². The van der Waals surface area contributed by atoms with E-state index in [1.165, 1.54) is 0 Å². The van der Waals surface area contributed by atoms with E-state index in [0.29, 0.717) is 18.7 Å². The second-order valence-corrected chi connectivity index (χ2v) is 6.18. The largest absolute Gasteiger partial charge is 0.391 e. The molecule has 1 unspecified atom stereocenters. The average Bonchev–Trinajstić information content (AvgIpc) is 2.14.